The summed E-state index contributed by atoms with van der Waals surface area (Å²) in [5.74, 6) is 0.243. The highest BCUT2D eigenvalue weighted by atomic mass is 35.5. The van der Waals surface area contributed by atoms with E-state index in [4.69, 9.17) is 17.3 Å². The van der Waals surface area contributed by atoms with Crippen molar-refractivity contribution in [3.05, 3.63) is 23.2 Å². The number of rotatable bonds is 3. The van der Waals surface area contributed by atoms with Crippen LogP contribution in [0.3, 0.4) is 0 Å². The predicted octanol–water partition coefficient (Wildman–Crippen LogP) is 1.54. The van der Waals surface area contributed by atoms with Gasteiger partial charge in [0.15, 0.2) is 0 Å². The number of nitrogens with zero attached hydrogens (tertiary/aromatic N) is 1. The molecule has 0 radical (unpaired) electrons. The molecule has 1 fully saturated rings. The molecule has 0 aromatic heterocycles. The van der Waals surface area contributed by atoms with E-state index >= 15 is 0 Å². The number of likely N-dealkylation sites (tertiary alicyclic amines) is 1. The summed E-state index contributed by atoms with van der Waals surface area (Å²) in [6, 6.07) is 4.62. The van der Waals surface area contributed by atoms with Crippen molar-refractivity contribution in [2.45, 2.75) is 24.3 Å². The first-order valence-electron chi connectivity index (χ1n) is 6.56. The van der Waals surface area contributed by atoms with Crippen LogP contribution < -0.4 is 10.5 Å². The molecule has 1 aromatic rings. The molecule has 0 saturated carbocycles. The van der Waals surface area contributed by atoms with Crippen molar-refractivity contribution in [2.75, 3.05) is 25.9 Å². The number of benzene rings is 1. The Labute approximate surface area is 125 Å². The first kappa shape index (κ1) is 15.6. The first-order chi connectivity index (χ1) is 9.31. The number of halogens is 1. The average Bonchev–Trinajstić information content (AvgIpc) is 2.32. The zero-order valence-electron chi connectivity index (χ0n) is 11.6. The molecule has 112 valence electrons. The number of anilines is 1. The minimum absolute atomic E-state index is 0.0206. The number of piperidine rings is 1. The molecular weight excluding hydrogens is 298 g/mol. The van der Waals surface area contributed by atoms with Gasteiger partial charge in [-0.15, -0.1) is 0 Å². The fourth-order valence-electron chi connectivity index (χ4n) is 2.60. The van der Waals surface area contributed by atoms with Crippen LogP contribution in [0.15, 0.2) is 23.1 Å². The van der Waals surface area contributed by atoms with Gasteiger partial charge in [-0.05, 0) is 38.1 Å². The third-order valence-electron chi connectivity index (χ3n) is 3.68. The molecule has 1 heterocycles. The topological polar surface area (TPSA) is 75.4 Å². The molecule has 2 unspecified atom stereocenters. The van der Waals surface area contributed by atoms with E-state index in [1.807, 2.05) is 14.0 Å². The van der Waals surface area contributed by atoms with E-state index in [0.29, 0.717) is 0 Å². The second-order valence-electron chi connectivity index (χ2n) is 5.41. The molecular formula is C13H20ClN3O2S. The Balaban J connectivity index is 2.24. The van der Waals surface area contributed by atoms with E-state index < -0.39 is 10.0 Å². The Morgan fingerprint density at radius 1 is 1.45 bits per heavy atom. The fraction of sp³-hybridized carbons (Fsp3) is 0.538. The highest BCUT2D eigenvalue weighted by Gasteiger charge is 2.30. The molecule has 1 aliphatic heterocycles. The molecule has 2 rings (SSSR count). The summed E-state index contributed by atoms with van der Waals surface area (Å²) in [4.78, 5) is 2.17. The molecule has 2 atom stereocenters. The van der Waals surface area contributed by atoms with Crippen LogP contribution in [-0.4, -0.2) is 39.5 Å². The fourth-order valence-corrected chi connectivity index (χ4v) is 4.65. The van der Waals surface area contributed by atoms with Crippen molar-refractivity contribution in [3.63, 3.8) is 0 Å². The van der Waals surface area contributed by atoms with Crippen molar-refractivity contribution in [1.29, 1.82) is 0 Å². The van der Waals surface area contributed by atoms with Crippen molar-refractivity contribution in [1.82, 2.24) is 9.62 Å². The lowest BCUT2D eigenvalue weighted by molar-refractivity contribution is 0.188. The quantitative estimate of drug-likeness (QED) is 0.829. The van der Waals surface area contributed by atoms with Gasteiger partial charge in [-0.1, -0.05) is 24.6 Å². The number of nitrogen functional groups attached to an aromatic ring is 1. The van der Waals surface area contributed by atoms with Crippen LogP contribution in [0.5, 0.6) is 0 Å². The van der Waals surface area contributed by atoms with Gasteiger partial charge in [0.1, 0.15) is 4.90 Å². The Morgan fingerprint density at radius 3 is 2.75 bits per heavy atom. The van der Waals surface area contributed by atoms with Gasteiger partial charge in [0, 0.05) is 12.6 Å². The largest absolute Gasteiger partial charge is 0.398 e. The van der Waals surface area contributed by atoms with Crippen molar-refractivity contribution >= 4 is 27.3 Å². The van der Waals surface area contributed by atoms with Crippen molar-refractivity contribution in [3.8, 4) is 0 Å². The SMILES string of the molecule is CC1CN(C)CCC1NS(=O)(=O)c1c(N)cccc1Cl. The Morgan fingerprint density at radius 2 is 2.15 bits per heavy atom. The minimum Gasteiger partial charge on any atom is -0.398 e. The Kier molecular flexibility index (Phi) is 4.59. The van der Waals surface area contributed by atoms with E-state index in [1.165, 1.54) is 6.07 Å². The molecule has 20 heavy (non-hydrogen) atoms. The smallest absolute Gasteiger partial charge is 0.244 e. The summed E-state index contributed by atoms with van der Waals surface area (Å²) in [5, 5.41) is 0.151. The molecule has 3 N–H and O–H groups in total. The molecule has 7 heteroatoms. The highest BCUT2D eigenvalue weighted by Crippen LogP contribution is 2.28. The number of nitrogens with two attached hydrogens (primary N) is 1. The van der Waals surface area contributed by atoms with E-state index in [2.05, 4.69) is 9.62 Å². The lowest BCUT2D eigenvalue weighted by atomic mass is 9.95. The Bertz CT molecular complexity index is 571. The zero-order valence-corrected chi connectivity index (χ0v) is 13.2. The van der Waals surface area contributed by atoms with Gasteiger partial charge in [-0.3, -0.25) is 0 Å². The van der Waals surface area contributed by atoms with Crippen LogP contribution in [0.4, 0.5) is 5.69 Å². The zero-order chi connectivity index (χ0) is 14.9. The van der Waals surface area contributed by atoms with Crippen LogP contribution in [0.1, 0.15) is 13.3 Å². The molecule has 1 aliphatic rings. The third kappa shape index (κ3) is 3.25. The molecule has 1 aromatic carbocycles. The lowest BCUT2D eigenvalue weighted by Crippen LogP contribution is -2.48. The second kappa shape index (κ2) is 5.89. The van der Waals surface area contributed by atoms with E-state index in [1.54, 1.807) is 12.1 Å². The summed E-state index contributed by atoms with van der Waals surface area (Å²) in [5.41, 5.74) is 5.93. The number of hydrogen-bond acceptors (Lipinski definition) is 4. The molecule has 0 amide bonds. The van der Waals surface area contributed by atoms with E-state index in [9.17, 15) is 8.42 Å². The minimum atomic E-state index is -3.70. The van der Waals surface area contributed by atoms with Gasteiger partial charge < -0.3 is 10.6 Å². The summed E-state index contributed by atoms with van der Waals surface area (Å²) in [6.07, 6.45) is 0.779. The third-order valence-corrected chi connectivity index (χ3v) is 5.71. The highest BCUT2D eigenvalue weighted by molar-refractivity contribution is 7.89. The summed E-state index contributed by atoms with van der Waals surface area (Å²) >= 11 is 5.98. The predicted molar refractivity (Wildman–Crippen MR) is 81.3 cm³/mol. The summed E-state index contributed by atoms with van der Waals surface area (Å²) in [7, 11) is -1.66. The van der Waals surface area contributed by atoms with Crippen LogP contribution in [0.25, 0.3) is 0 Å². The van der Waals surface area contributed by atoms with Crippen LogP contribution in [0, 0.1) is 5.92 Å². The van der Waals surface area contributed by atoms with Crippen LogP contribution >= 0.6 is 11.6 Å². The maximum Gasteiger partial charge on any atom is 0.244 e. The van der Waals surface area contributed by atoms with E-state index in [0.717, 1.165) is 19.5 Å². The van der Waals surface area contributed by atoms with Crippen LogP contribution in [-0.2, 0) is 10.0 Å². The molecule has 0 bridgehead atoms. The van der Waals surface area contributed by atoms with Gasteiger partial charge in [0.2, 0.25) is 10.0 Å². The number of hydrogen-bond donors (Lipinski definition) is 2. The Hall–Kier alpha value is -0.820. The maximum absolute atomic E-state index is 12.5. The molecule has 0 aliphatic carbocycles. The second-order valence-corrected chi connectivity index (χ2v) is 7.47. The van der Waals surface area contributed by atoms with Gasteiger partial charge in [-0.2, -0.15) is 0 Å². The van der Waals surface area contributed by atoms with Crippen molar-refractivity contribution < 1.29 is 8.42 Å². The summed E-state index contributed by atoms with van der Waals surface area (Å²) < 4.78 is 27.7. The first-order valence-corrected chi connectivity index (χ1v) is 8.42. The van der Waals surface area contributed by atoms with Gasteiger partial charge in [0.25, 0.3) is 0 Å². The van der Waals surface area contributed by atoms with Gasteiger partial charge in [0.05, 0.1) is 10.7 Å². The molecule has 5 nitrogen and oxygen atoms in total. The van der Waals surface area contributed by atoms with E-state index in [-0.39, 0.29) is 27.6 Å². The van der Waals surface area contributed by atoms with Gasteiger partial charge >= 0.3 is 0 Å². The monoisotopic (exact) mass is 317 g/mol. The maximum atomic E-state index is 12.5. The van der Waals surface area contributed by atoms with Crippen molar-refractivity contribution in [2.24, 2.45) is 5.92 Å². The standard InChI is InChI=1S/C13H20ClN3O2S/c1-9-8-17(2)7-6-12(9)16-20(18,19)13-10(14)4-3-5-11(13)15/h3-5,9,12,16H,6-8,15H2,1-2H3. The number of nitrogens with one attached hydrogen (secondary N) is 1. The average molecular weight is 318 g/mol. The lowest BCUT2D eigenvalue weighted by Gasteiger charge is -2.35. The summed E-state index contributed by atoms with van der Waals surface area (Å²) in [6.45, 7) is 3.78. The normalized spacial score (nSPS) is 24.8. The molecule has 0 spiro atoms. The van der Waals surface area contributed by atoms with Gasteiger partial charge in [-0.25, -0.2) is 13.1 Å². The number of sulfonamides is 1. The van der Waals surface area contributed by atoms with Crippen LogP contribution in [0.2, 0.25) is 5.02 Å². The molecule has 1 saturated heterocycles.